The van der Waals surface area contributed by atoms with E-state index in [0.29, 0.717) is 6.42 Å². The second-order valence-electron chi connectivity index (χ2n) is 7.89. The van der Waals surface area contributed by atoms with Crippen molar-refractivity contribution in [3.8, 4) is 0 Å². The Labute approximate surface area is 150 Å². The molecule has 1 amide bonds. The van der Waals surface area contributed by atoms with E-state index in [1.165, 1.54) is 31.4 Å². The zero-order valence-corrected chi connectivity index (χ0v) is 15.6. The monoisotopic (exact) mass is 346 g/mol. The number of ether oxygens (including phenoxy) is 1. The summed E-state index contributed by atoms with van der Waals surface area (Å²) in [6.07, 6.45) is 5.37. The van der Waals surface area contributed by atoms with Crippen molar-refractivity contribution < 1.29 is 14.3 Å². The molecule has 1 aliphatic heterocycles. The van der Waals surface area contributed by atoms with Crippen LogP contribution in [0.4, 0.5) is 11.4 Å². The van der Waals surface area contributed by atoms with Crippen LogP contribution >= 0.6 is 0 Å². The Morgan fingerprint density at radius 3 is 2.20 bits per heavy atom. The molecule has 1 heterocycles. The number of rotatable bonds is 5. The first-order valence-electron chi connectivity index (χ1n) is 9.14. The summed E-state index contributed by atoms with van der Waals surface area (Å²) in [5, 5.41) is 2.77. The Kier molecular flexibility index (Phi) is 6.85. The van der Waals surface area contributed by atoms with E-state index < -0.39 is 0 Å². The van der Waals surface area contributed by atoms with Crippen molar-refractivity contribution in [3.63, 3.8) is 0 Å². The second kappa shape index (κ2) is 8.88. The van der Waals surface area contributed by atoms with Crippen molar-refractivity contribution in [1.29, 1.82) is 0 Å². The number of amides is 1. The van der Waals surface area contributed by atoms with Gasteiger partial charge in [-0.15, -0.1) is 0 Å². The third kappa shape index (κ3) is 7.16. The lowest BCUT2D eigenvalue weighted by molar-refractivity contribution is -0.149. The molecule has 0 bridgehead atoms. The Balaban J connectivity index is 1.80. The van der Waals surface area contributed by atoms with Gasteiger partial charge in [0.05, 0.1) is 6.42 Å². The Morgan fingerprint density at radius 1 is 1.04 bits per heavy atom. The summed E-state index contributed by atoms with van der Waals surface area (Å²) >= 11 is 0. The van der Waals surface area contributed by atoms with Gasteiger partial charge < -0.3 is 15.0 Å². The minimum absolute atomic E-state index is 0.142. The average Bonchev–Trinajstić information content (AvgIpc) is 2.81. The van der Waals surface area contributed by atoms with Crippen LogP contribution in [0.25, 0.3) is 0 Å². The lowest BCUT2D eigenvalue weighted by Crippen LogP contribution is -2.24. The lowest BCUT2D eigenvalue weighted by Gasteiger charge is -2.22. The Morgan fingerprint density at radius 2 is 1.64 bits per heavy atom. The molecule has 1 aromatic rings. The third-order valence-corrected chi connectivity index (χ3v) is 4.16. The zero-order chi connectivity index (χ0) is 18.3. The molecule has 0 aromatic heterocycles. The molecule has 0 spiro atoms. The van der Waals surface area contributed by atoms with Crippen LogP contribution in [-0.4, -0.2) is 31.6 Å². The van der Waals surface area contributed by atoms with Crippen LogP contribution in [-0.2, 0) is 14.3 Å². The maximum Gasteiger partial charge on any atom is 0.306 e. The van der Waals surface area contributed by atoms with E-state index in [2.05, 4.69) is 10.2 Å². The fourth-order valence-corrected chi connectivity index (χ4v) is 2.91. The summed E-state index contributed by atoms with van der Waals surface area (Å²) in [6.45, 7) is 7.81. The van der Waals surface area contributed by atoms with E-state index >= 15 is 0 Å². The van der Waals surface area contributed by atoms with Crippen LogP contribution in [0.5, 0.6) is 0 Å². The van der Waals surface area contributed by atoms with Gasteiger partial charge in [0.15, 0.2) is 6.61 Å². The van der Waals surface area contributed by atoms with Gasteiger partial charge in [-0.1, -0.05) is 33.6 Å². The van der Waals surface area contributed by atoms with Crippen LogP contribution in [0.1, 0.15) is 52.9 Å². The van der Waals surface area contributed by atoms with Gasteiger partial charge in [-0.25, -0.2) is 0 Å². The molecule has 0 aliphatic carbocycles. The SMILES string of the molecule is CC(C)(C)CC(=O)OCC(=O)Nc1ccc(N2CCCCCC2)cc1. The van der Waals surface area contributed by atoms with Gasteiger partial charge in [0, 0.05) is 24.5 Å². The summed E-state index contributed by atoms with van der Waals surface area (Å²) in [4.78, 5) is 26.0. The fraction of sp³-hybridized carbons (Fsp3) is 0.600. The third-order valence-electron chi connectivity index (χ3n) is 4.16. The number of hydrogen-bond donors (Lipinski definition) is 1. The summed E-state index contributed by atoms with van der Waals surface area (Å²) in [7, 11) is 0. The van der Waals surface area contributed by atoms with Gasteiger partial charge in [-0.2, -0.15) is 0 Å². The van der Waals surface area contributed by atoms with Gasteiger partial charge >= 0.3 is 5.97 Å². The number of carbonyl (C=O) groups is 2. The first-order valence-corrected chi connectivity index (χ1v) is 9.14. The fourth-order valence-electron chi connectivity index (χ4n) is 2.91. The van der Waals surface area contributed by atoms with Crippen LogP contribution < -0.4 is 10.2 Å². The van der Waals surface area contributed by atoms with Crippen molar-refractivity contribution >= 4 is 23.3 Å². The van der Waals surface area contributed by atoms with Gasteiger partial charge in [0.1, 0.15) is 0 Å². The lowest BCUT2D eigenvalue weighted by atomic mass is 9.92. The first-order chi connectivity index (χ1) is 11.8. The highest BCUT2D eigenvalue weighted by Crippen LogP contribution is 2.22. The van der Waals surface area contributed by atoms with Gasteiger partial charge in [0.2, 0.25) is 0 Å². The molecule has 1 N–H and O–H groups in total. The van der Waals surface area contributed by atoms with Gasteiger partial charge in [0.25, 0.3) is 5.91 Å². The Hall–Kier alpha value is -2.04. The highest BCUT2D eigenvalue weighted by molar-refractivity contribution is 5.93. The maximum atomic E-state index is 11.9. The van der Waals surface area contributed by atoms with Gasteiger partial charge in [-0.3, -0.25) is 9.59 Å². The topological polar surface area (TPSA) is 58.6 Å². The van der Waals surface area contributed by atoms with Crippen molar-refractivity contribution in [2.75, 3.05) is 29.9 Å². The van der Waals surface area contributed by atoms with Gasteiger partial charge in [-0.05, 0) is 42.5 Å². The maximum absolute atomic E-state index is 11.9. The molecule has 5 heteroatoms. The number of esters is 1. The number of nitrogens with one attached hydrogen (secondary N) is 1. The molecule has 0 radical (unpaired) electrons. The minimum Gasteiger partial charge on any atom is -0.456 e. The second-order valence-corrected chi connectivity index (χ2v) is 7.89. The predicted octanol–water partition coefficient (Wildman–Crippen LogP) is 3.98. The highest BCUT2D eigenvalue weighted by Gasteiger charge is 2.18. The molecule has 0 saturated carbocycles. The zero-order valence-electron chi connectivity index (χ0n) is 15.6. The molecule has 1 fully saturated rings. The molecule has 138 valence electrons. The number of hydrogen-bond acceptors (Lipinski definition) is 4. The van der Waals surface area contributed by atoms with Crippen LogP contribution in [0.3, 0.4) is 0 Å². The highest BCUT2D eigenvalue weighted by atomic mass is 16.5. The minimum atomic E-state index is -0.348. The van der Waals surface area contributed by atoms with Crippen LogP contribution in [0, 0.1) is 5.41 Å². The number of carbonyl (C=O) groups excluding carboxylic acids is 2. The standard InChI is InChI=1S/C20H30N2O3/c1-20(2,3)14-19(24)25-15-18(23)21-16-8-10-17(11-9-16)22-12-6-4-5-7-13-22/h8-11H,4-7,12-15H2,1-3H3,(H,21,23). The number of nitrogens with zero attached hydrogens (tertiary/aromatic N) is 1. The number of benzene rings is 1. The first kappa shape index (κ1) is 19.3. The van der Waals surface area contributed by atoms with Crippen molar-refractivity contribution in [2.24, 2.45) is 5.41 Å². The molecule has 0 atom stereocenters. The average molecular weight is 346 g/mol. The van der Waals surface area contributed by atoms with E-state index in [1.807, 2.05) is 45.0 Å². The molecule has 0 unspecified atom stereocenters. The molecule has 1 aromatic carbocycles. The normalized spacial score (nSPS) is 15.4. The molecule has 1 aliphatic rings. The predicted molar refractivity (Wildman–Crippen MR) is 101 cm³/mol. The van der Waals surface area contributed by atoms with E-state index in [4.69, 9.17) is 4.74 Å². The summed E-state index contributed by atoms with van der Waals surface area (Å²) in [5.74, 6) is -0.663. The molecule has 5 nitrogen and oxygen atoms in total. The molecular formula is C20H30N2O3. The molecule has 1 saturated heterocycles. The largest absolute Gasteiger partial charge is 0.456 e. The van der Waals surface area contributed by atoms with E-state index in [0.717, 1.165) is 18.8 Å². The van der Waals surface area contributed by atoms with Crippen molar-refractivity contribution in [1.82, 2.24) is 0 Å². The Bertz CT molecular complexity index is 568. The summed E-state index contributed by atoms with van der Waals surface area (Å²) in [6, 6.07) is 7.86. The molecule has 2 rings (SSSR count). The summed E-state index contributed by atoms with van der Waals surface area (Å²) in [5.41, 5.74) is 1.77. The van der Waals surface area contributed by atoms with Crippen molar-refractivity contribution in [3.05, 3.63) is 24.3 Å². The van der Waals surface area contributed by atoms with Crippen LogP contribution in [0.2, 0.25) is 0 Å². The quantitative estimate of drug-likeness (QED) is 0.819. The van der Waals surface area contributed by atoms with Crippen molar-refractivity contribution in [2.45, 2.75) is 52.9 Å². The molecule has 25 heavy (non-hydrogen) atoms. The van der Waals surface area contributed by atoms with E-state index in [-0.39, 0.29) is 23.9 Å². The number of anilines is 2. The smallest absolute Gasteiger partial charge is 0.306 e. The summed E-state index contributed by atoms with van der Waals surface area (Å²) < 4.78 is 5.03. The van der Waals surface area contributed by atoms with E-state index in [9.17, 15) is 9.59 Å². The van der Waals surface area contributed by atoms with Crippen LogP contribution in [0.15, 0.2) is 24.3 Å². The molecular weight excluding hydrogens is 316 g/mol. The van der Waals surface area contributed by atoms with E-state index in [1.54, 1.807) is 0 Å².